The first-order valence-electron chi connectivity index (χ1n) is 6.57. The van der Waals surface area contributed by atoms with Crippen molar-refractivity contribution >= 4 is 28.1 Å². The molecule has 0 unspecified atom stereocenters. The predicted octanol–water partition coefficient (Wildman–Crippen LogP) is 5.54. The Morgan fingerprint density at radius 3 is 2.43 bits per heavy atom. The molecule has 0 aliphatic heterocycles. The van der Waals surface area contributed by atoms with E-state index in [2.05, 4.69) is 45.0 Å². The van der Waals surface area contributed by atoms with Gasteiger partial charge in [-0.3, -0.25) is 0 Å². The molecular formula is C17H13BrN2S. The van der Waals surface area contributed by atoms with Crippen molar-refractivity contribution in [2.45, 2.75) is 6.92 Å². The molecule has 2 aromatic carbocycles. The molecule has 104 valence electrons. The van der Waals surface area contributed by atoms with Crippen LogP contribution >= 0.6 is 28.1 Å². The second kappa shape index (κ2) is 5.92. The molecule has 0 saturated heterocycles. The lowest BCUT2D eigenvalue weighted by Gasteiger charge is -2.09. The van der Waals surface area contributed by atoms with Crippen LogP contribution in [0.2, 0.25) is 0 Å². The third-order valence-electron chi connectivity index (χ3n) is 3.22. The van der Waals surface area contributed by atoms with Crippen molar-refractivity contribution in [3.63, 3.8) is 0 Å². The fourth-order valence-corrected chi connectivity index (χ4v) is 2.80. The topological polar surface area (TPSA) is 28.7 Å². The van der Waals surface area contributed by atoms with Crippen LogP contribution in [0, 0.1) is 11.6 Å². The summed E-state index contributed by atoms with van der Waals surface area (Å²) in [6.45, 7) is 2.06. The van der Waals surface area contributed by atoms with Crippen molar-refractivity contribution < 1.29 is 0 Å². The van der Waals surface area contributed by atoms with E-state index in [4.69, 9.17) is 12.2 Å². The van der Waals surface area contributed by atoms with Gasteiger partial charge < -0.3 is 4.98 Å². The number of nitrogens with one attached hydrogen (secondary N) is 1. The quantitative estimate of drug-likeness (QED) is 0.610. The van der Waals surface area contributed by atoms with Gasteiger partial charge in [0.1, 0.15) is 10.5 Å². The largest absolute Gasteiger partial charge is 0.338 e. The Kier molecular flexibility index (Phi) is 3.99. The summed E-state index contributed by atoms with van der Waals surface area (Å²) in [4.78, 5) is 7.87. The van der Waals surface area contributed by atoms with E-state index < -0.39 is 0 Å². The van der Waals surface area contributed by atoms with Crippen molar-refractivity contribution in [3.8, 4) is 22.6 Å². The van der Waals surface area contributed by atoms with Crippen LogP contribution in [0.25, 0.3) is 22.6 Å². The molecule has 4 heteroatoms. The maximum absolute atomic E-state index is 5.38. The van der Waals surface area contributed by atoms with E-state index in [9.17, 15) is 0 Å². The van der Waals surface area contributed by atoms with Crippen LogP contribution in [-0.2, 0) is 0 Å². The fraction of sp³-hybridized carbons (Fsp3) is 0.0588. The van der Waals surface area contributed by atoms with Crippen molar-refractivity contribution in [1.29, 1.82) is 0 Å². The average molecular weight is 357 g/mol. The number of hydrogen-bond donors (Lipinski definition) is 1. The summed E-state index contributed by atoms with van der Waals surface area (Å²) >= 11 is 8.92. The maximum Gasteiger partial charge on any atom is 0.144 e. The summed E-state index contributed by atoms with van der Waals surface area (Å²) < 4.78 is 1.38. The first-order valence-corrected chi connectivity index (χ1v) is 7.77. The highest BCUT2D eigenvalue weighted by atomic mass is 79.9. The molecule has 0 amide bonds. The number of aromatic amines is 1. The van der Waals surface area contributed by atoms with Crippen LogP contribution < -0.4 is 0 Å². The van der Waals surface area contributed by atoms with E-state index in [1.807, 2.05) is 42.5 Å². The highest BCUT2D eigenvalue weighted by Crippen LogP contribution is 2.29. The van der Waals surface area contributed by atoms with E-state index in [-0.39, 0.29) is 0 Å². The first-order chi connectivity index (χ1) is 10.1. The van der Waals surface area contributed by atoms with E-state index in [1.54, 1.807) is 0 Å². The van der Waals surface area contributed by atoms with Crippen LogP contribution in [0.1, 0.15) is 5.56 Å². The predicted molar refractivity (Wildman–Crippen MR) is 92.7 cm³/mol. The molecule has 0 bridgehead atoms. The van der Waals surface area contributed by atoms with Gasteiger partial charge in [0, 0.05) is 5.56 Å². The molecule has 3 aromatic rings. The van der Waals surface area contributed by atoms with Gasteiger partial charge in [-0.1, -0.05) is 66.3 Å². The summed E-state index contributed by atoms with van der Waals surface area (Å²) in [7, 11) is 0. The van der Waals surface area contributed by atoms with Gasteiger partial charge in [0.05, 0.1) is 10.2 Å². The zero-order valence-corrected chi connectivity index (χ0v) is 13.8. The molecule has 0 atom stereocenters. The number of halogens is 1. The average Bonchev–Trinajstić information content (AvgIpc) is 2.51. The summed E-state index contributed by atoms with van der Waals surface area (Å²) in [5, 5.41) is 0. The normalized spacial score (nSPS) is 10.6. The number of aromatic nitrogens is 2. The molecule has 1 aromatic heterocycles. The van der Waals surface area contributed by atoms with Crippen LogP contribution in [0.5, 0.6) is 0 Å². The maximum atomic E-state index is 5.38. The standard InChI is InChI=1S/C17H13BrN2S/c1-11-6-5-9-13(10-11)16-19-15(14(18)17(21)20-16)12-7-3-2-4-8-12/h2-10H,1H3,(H,19,20,21). The van der Waals surface area contributed by atoms with Crippen molar-refractivity contribution in [2.24, 2.45) is 0 Å². The van der Waals surface area contributed by atoms with Crippen molar-refractivity contribution in [3.05, 3.63) is 69.3 Å². The first kappa shape index (κ1) is 14.2. The number of hydrogen-bond acceptors (Lipinski definition) is 2. The minimum Gasteiger partial charge on any atom is -0.338 e. The molecule has 1 N–H and O–H groups in total. The summed E-state index contributed by atoms with van der Waals surface area (Å²) in [6.07, 6.45) is 0. The van der Waals surface area contributed by atoms with Crippen LogP contribution in [0.3, 0.4) is 0 Å². The Morgan fingerprint density at radius 2 is 1.71 bits per heavy atom. The number of rotatable bonds is 2. The van der Waals surface area contributed by atoms with Gasteiger partial charge in [0.15, 0.2) is 0 Å². The van der Waals surface area contributed by atoms with Crippen LogP contribution in [0.15, 0.2) is 59.1 Å². The van der Waals surface area contributed by atoms with E-state index in [0.29, 0.717) is 4.64 Å². The second-order valence-electron chi connectivity index (χ2n) is 4.82. The highest BCUT2D eigenvalue weighted by Gasteiger charge is 2.09. The van der Waals surface area contributed by atoms with Gasteiger partial charge in [0.25, 0.3) is 0 Å². The van der Waals surface area contributed by atoms with Gasteiger partial charge in [-0.15, -0.1) is 0 Å². The van der Waals surface area contributed by atoms with Crippen molar-refractivity contribution in [1.82, 2.24) is 9.97 Å². The summed E-state index contributed by atoms with van der Waals surface area (Å²) in [5.74, 6) is 0.783. The zero-order valence-electron chi connectivity index (χ0n) is 11.4. The number of nitrogens with zero attached hydrogens (tertiary/aromatic N) is 1. The van der Waals surface area contributed by atoms with Gasteiger partial charge >= 0.3 is 0 Å². The molecule has 0 aliphatic rings. The molecular weight excluding hydrogens is 344 g/mol. The van der Waals surface area contributed by atoms with E-state index in [1.165, 1.54) is 5.56 Å². The number of benzene rings is 2. The molecule has 1 heterocycles. The third-order valence-corrected chi connectivity index (χ3v) is 4.55. The van der Waals surface area contributed by atoms with Crippen LogP contribution in [-0.4, -0.2) is 9.97 Å². The Labute approximate surface area is 137 Å². The summed E-state index contributed by atoms with van der Waals surface area (Å²) in [5.41, 5.74) is 4.25. The molecule has 2 nitrogen and oxygen atoms in total. The molecule has 0 saturated carbocycles. The third kappa shape index (κ3) is 2.96. The number of aryl methyl sites for hydroxylation is 1. The van der Waals surface area contributed by atoms with Gasteiger partial charge in [-0.2, -0.15) is 0 Å². The van der Waals surface area contributed by atoms with E-state index >= 15 is 0 Å². The fourth-order valence-electron chi connectivity index (χ4n) is 2.19. The lowest BCUT2D eigenvalue weighted by Crippen LogP contribution is -1.95. The molecule has 21 heavy (non-hydrogen) atoms. The Morgan fingerprint density at radius 1 is 1.00 bits per heavy atom. The molecule has 0 spiro atoms. The molecule has 3 rings (SSSR count). The Hall–Kier alpha value is -1.78. The number of H-pyrrole nitrogens is 1. The van der Waals surface area contributed by atoms with Crippen molar-refractivity contribution in [2.75, 3.05) is 0 Å². The van der Waals surface area contributed by atoms with Gasteiger partial charge in [-0.25, -0.2) is 4.98 Å². The monoisotopic (exact) mass is 356 g/mol. The lowest BCUT2D eigenvalue weighted by atomic mass is 10.1. The molecule has 0 fully saturated rings. The molecule has 0 aliphatic carbocycles. The lowest BCUT2D eigenvalue weighted by molar-refractivity contribution is 1.15. The second-order valence-corrected chi connectivity index (χ2v) is 5.99. The minimum absolute atomic E-state index is 0.559. The zero-order chi connectivity index (χ0) is 14.8. The van der Waals surface area contributed by atoms with Gasteiger partial charge in [0.2, 0.25) is 0 Å². The SMILES string of the molecule is Cc1cccc(-c2nc(=S)c(Br)c(-c3ccccc3)[nH]2)c1. The smallest absolute Gasteiger partial charge is 0.144 e. The molecule has 0 radical (unpaired) electrons. The Bertz CT molecular complexity index is 841. The van der Waals surface area contributed by atoms with Gasteiger partial charge in [-0.05, 0) is 34.5 Å². The Balaban J connectivity index is 2.21. The highest BCUT2D eigenvalue weighted by molar-refractivity contribution is 9.10. The minimum atomic E-state index is 0.559. The van der Waals surface area contributed by atoms with E-state index in [0.717, 1.165) is 27.1 Å². The summed E-state index contributed by atoms with van der Waals surface area (Å²) in [6, 6.07) is 18.3. The van der Waals surface area contributed by atoms with Crippen LogP contribution in [0.4, 0.5) is 0 Å².